The number of nitrogens with two attached hydrogens (primary N) is 1. The Morgan fingerprint density at radius 1 is 1.12 bits per heavy atom. The van der Waals surface area contributed by atoms with Crippen LogP contribution in [0.1, 0.15) is 17.0 Å². The molecule has 1 atom stereocenters. The van der Waals surface area contributed by atoms with E-state index in [-0.39, 0.29) is 5.92 Å². The minimum atomic E-state index is -0.357. The molecule has 0 saturated heterocycles. The Balaban J connectivity index is 2.47. The number of nitrogen functional groups attached to an aromatic ring is 1. The Morgan fingerprint density at radius 3 is 2.41 bits per heavy atom. The lowest BCUT2D eigenvalue weighted by molar-refractivity contribution is 1.04. The van der Waals surface area contributed by atoms with Crippen molar-refractivity contribution in [3.63, 3.8) is 0 Å². The molecule has 17 heavy (non-hydrogen) atoms. The van der Waals surface area contributed by atoms with Gasteiger partial charge in [0.05, 0.1) is 12.0 Å². The van der Waals surface area contributed by atoms with E-state index in [1.54, 1.807) is 18.2 Å². The summed E-state index contributed by atoms with van der Waals surface area (Å²) in [5.74, 6) is -0.357. The first kappa shape index (κ1) is 11.5. The van der Waals surface area contributed by atoms with E-state index in [0.29, 0.717) is 10.7 Å². The van der Waals surface area contributed by atoms with Gasteiger partial charge in [-0.25, -0.2) is 0 Å². The standard InChI is InChI=1S/C14H11ClN2/c15-14-8-11(17)6-7-12(14)13(9-16)10-4-2-1-3-5-10/h1-8,13H,17H2. The molecular weight excluding hydrogens is 232 g/mol. The van der Waals surface area contributed by atoms with Crippen LogP contribution in [-0.4, -0.2) is 0 Å². The molecule has 2 aromatic carbocycles. The summed E-state index contributed by atoms with van der Waals surface area (Å²) < 4.78 is 0. The maximum atomic E-state index is 9.29. The van der Waals surface area contributed by atoms with Gasteiger partial charge in [0, 0.05) is 10.7 Å². The Hall–Kier alpha value is -1.98. The molecule has 84 valence electrons. The topological polar surface area (TPSA) is 49.8 Å². The largest absolute Gasteiger partial charge is 0.399 e. The van der Waals surface area contributed by atoms with Gasteiger partial charge in [-0.3, -0.25) is 0 Å². The third-order valence-corrected chi connectivity index (χ3v) is 2.92. The quantitative estimate of drug-likeness (QED) is 0.819. The van der Waals surface area contributed by atoms with Gasteiger partial charge >= 0.3 is 0 Å². The lowest BCUT2D eigenvalue weighted by atomic mass is 9.92. The van der Waals surface area contributed by atoms with Gasteiger partial charge in [0.25, 0.3) is 0 Å². The lowest BCUT2D eigenvalue weighted by Gasteiger charge is -2.12. The van der Waals surface area contributed by atoms with Gasteiger partial charge in [-0.05, 0) is 23.3 Å². The molecule has 2 N–H and O–H groups in total. The number of anilines is 1. The van der Waals surface area contributed by atoms with E-state index in [1.807, 2.05) is 30.3 Å². The minimum Gasteiger partial charge on any atom is -0.399 e. The van der Waals surface area contributed by atoms with Gasteiger partial charge in [0.2, 0.25) is 0 Å². The number of nitriles is 1. The SMILES string of the molecule is N#CC(c1ccccc1)c1ccc(N)cc1Cl. The van der Waals surface area contributed by atoms with Crippen molar-refractivity contribution in [1.29, 1.82) is 5.26 Å². The highest BCUT2D eigenvalue weighted by Gasteiger charge is 2.16. The third-order valence-electron chi connectivity index (χ3n) is 2.60. The molecule has 0 amide bonds. The summed E-state index contributed by atoms with van der Waals surface area (Å²) >= 11 is 6.12. The van der Waals surface area contributed by atoms with Crippen LogP contribution in [-0.2, 0) is 0 Å². The fourth-order valence-corrected chi connectivity index (χ4v) is 2.04. The van der Waals surface area contributed by atoms with Crippen molar-refractivity contribution in [3.8, 4) is 6.07 Å². The van der Waals surface area contributed by atoms with Crippen molar-refractivity contribution in [2.24, 2.45) is 0 Å². The monoisotopic (exact) mass is 242 g/mol. The number of benzene rings is 2. The average molecular weight is 243 g/mol. The van der Waals surface area contributed by atoms with Crippen LogP contribution in [0.15, 0.2) is 48.5 Å². The number of hydrogen-bond donors (Lipinski definition) is 1. The Bertz CT molecular complexity index is 558. The number of hydrogen-bond acceptors (Lipinski definition) is 2. The van der Waals surface area contributed by atoms with Crippen LogP contribution < -0.4 is 5.73 Å². The Labute approximate surface area is 105 Å². The Kier molecular flexibility index (Phi) is 3.32. The van der Waals surface area contributed by atoms with Crippen LogP contribution in [0.2, 0.25) is 5.02 Å². The van der Waals surface area contributed by atoms with Gasteiger partial charge < -0.3 is 5.73 Å². The molecule has 0 bridgehead atoms. The first-order valence-electron chi connectivity index (χ1n) is 5.22. The number of nitrogens with zero attached hydrogens (tertiary/aromatic N) is 1. The van der Waals surface area contributed by atoms with Gasteiger partial charge in [0.15, 0.2) is 0 Å². The number of halogens is 1. The second kappa shape index (κ2) is 4.90. The molecular formula is C14H11ClN2. The molecule has 0 saturated carbocycles. The van der Waals surface area contributed by atoms with Crippen LogP contribution in [0.3, 0.4) is 0 Å². The van der Waals surface area contributed by atoms with E-state index < -0.39 is 0 Å². The summed E-state index contributed by atoms with van der Waals surface area (Å²) in [4.78, 5) is 0. The summed E-state index contributed by atoms with van der Waals surface area (Å²) in [6, 6.07) is 17.1. The molecule has 1 unspecified atom stereocenters. The predicted molar refractivity (Wildman–Crippen MR) is 69.8 cm³/mol. The Morgan fingerprint density at radius 2 is 1.82 bits per heavy atom. The van der Waals surface area contributed by atoms with Crippen molar-refractivity contribution in [2.75, 3.05) is 5.73 Å². The van der Waals surface area contributed by atoms with E-state index in [4.69, 9.17) is 17.3 Å². The summed E-state index contributed by atoms with van der Waals surface area (Å²) in [5, 5.41) is 9.81. The molecule has 0 heterocycles. The molecule has 2 aromatic rings. The molecule has 2 rings (SSSR count). The second-order valence-electron chi connectivity index (χ2n) is 3.75. The third kappa shape index (κ3) is 2.41. The highest BCUT2D eigenvalue weighted by atomic mass is 35.5. The predicted octanol–water partition coefficient (Wildman–Crippen LogP) is 3.58. The summed E-state index contributed by atoms with van der Waals surface area (Å²) in [6.45, 7) is 0. The second-order valence-corrected chi connectivity index (χ2v) is 4.16. The number of rotatable bonds is 2. The van der Waals surface area contributed by atoms with Crippen LogP contribution in [0.4, 0.5) is 5.69 Å². The molecule has 3 heteroatoms. The molecule has 0 aliphatic heterocycles. The molecule has 0 aromatic heterocycles. The molecule has 2 nitrogen and oxygen atoms in total. The van der Waals surface area contributed by atoms with Gasteiger partial charge in [-0.15, -0.1) is 0 Å². The van der Waals surface area contributed by atoms with E-state index in [9.17, 15) is 5.26 Å². The summed E-state index contributed by atoms with van der Waals surface area (Å²) in [5.41, 5.74) is 7.96. The van der Waals surface area contributed by atoms with Crippen molar-refractivity contribution in [2.45, 2.75) is 5.92 Å². The molecule has 0 radical (unpaired) electrons. The zero-order valence-electron chi connectivity index (χ0n) is 9.10. The molecule has 0 aliphatic carbocycles. The van der Waals surface area contributed by atoms with E-state index >= 15 is 0 Å². The maximum Gasteiger partial charge on any atom is 0.0977 e. The smallest absolute Gasteiger partial charge is 0.0977 e. The van der Waals surface area contributed by atoms with E-state index in [1.165, 1.54) is 0 Å². The maximum absolute atomic E-state index is 9.29. The fraction of sp³-hybridized carbons (Fsp3) is 0.0714. The minimum absolute atomic E-state index is 0.357. The molecule has 0 aliphatic rings. The summed E-state index contributed by atoms with van der Waals surface area (Å²) in [6.07, 6.45) is 0. The molecule has 0 spiro atoms. The zero-order chi connectivity index (χ0) is 12.3. The van der Waals surface area contributed by atoms with Crippen molar-refractivity contribution < 1.29 is 0 Å². The highest BCUT2D eigenvalue weighted by molar-refractivity contribution is 6.31. The van der Waals surface area contributed by atoms with E-state index in [0.717, 1.165) is 11.1 Å². The van der Waals surface area contributed by atoms with Crippen molar-refractivity contribution >= 4 is 17.3 Å². The lowest BCUT2D eigenvalue weighted by Crippen LogP contribution is -1.99. The summed E-state index contributed by atoms with van der Waals surface area (Å²) in [7, 11) is 0. The van der Waals surface area contributed by atoms with Gasteiger partial charge in [-0.1, -0.05) is 48.0 Å². The normalized spacial score (nSPS) is 11.8. The van der Waals surface area contributed by atoms with Crippen molar-refractivity contribution in [3.05, 3.63) is 64.7 Å². The molecule has 0 fully saturated rings. The first-order valence-corrected chi connectivity index (χ1v) is 5.59. The van der Waals surface area contributed by atoms with Crippen LogP contribution >= 0.6 is 11.6 Å². The van der Waals surface area contributed by atoms with E-state index in [2.05, 4.69) is 6.07 Å². The van der Waals surface area contributed by atoms with Gasteiger partial charge in [-0.2, -0.15) is 5.26 Å². The van der Waals surface area contributed by atoms with Gasteiger partial charge in [0.1, 0.15) is 0 Å². The van der Waals surface area contributed by atoms with Crippen molar-refractivity contribution in [1.82, 2.24) is 0 Å². The average Bonchev–Trinajstić information content (AvgIpc) is 2.34. The van der Waals surface area contributed by atoms with Crippen LogP contribution in [0, 0.1) is 11.3 Å². The van der Waals surface area contributed by atoms with Crippen LogP contribution in [0.5, 0.6) is 0 Å². The zero-order valence-corrected chi connectivity index (χ0v) is 9.85. The fourth-order valence-electron chi connectivity index (χ4n) is 1.75. The van der Waals surface area contributed by atoms with Crippen LogP contribution in [0.25, 0.3) is 0 Å². The first-order chi connectivity index (χ1) is 8.22. The highest BCUT2D eigenvalue weighted by Crippen LogP contribution is 2.30.